The largest absolute Gasteiger partial charge is 0.507 e. The molecule has 3 heterocycles. The molecule has 0 bridgehead atoms. The number of hydrogen-bond acceptors (Lipinski definition) is 9. The van der Waals surface area contributed by atoms with Crippen LogP contribution in [0.15, 0.2) is 47.4 Å². The summed E-state index contributed by atoms with van der Waals surface area (Å²) in [6, 6.07) is 8.16. The summed E-state index contributed by atoms with van der Waals surface area (Å²) >= 11 is 15.0. The number of ketones is 1. The number of halogens is 2. The third-order valence-corrected chi connectivity index (χ3v) is 8.45. The summed E-state index contributed by atoms with van der Waals surface area (Å²) in [6.45, 7) is 0. The second-order valence-electron chi connectivity index (χ2n) is 7.96. The fourth-order valence-electron chi connectivity index (χ4n) is 4.19. The number of methoxy groups -OCH3 is 2. The molecule has 2 N–H and O–H groups in total. The van der Waals surface area contributed by atoms with Crippen LogP contribution in [0.3, 0.4) is 0 Å². The number of carboxylic acids is 1. The van der Waals surface area contributed by atoms with Gasteiger partial charge in [0.05, 0.1) is 46.2 Å². The van der Waals surface area contributed by atoms with Gasteiger partial charge in [-0.05, 0) is 35.7 Å². The molecule has 1 aliphatic rings. The fraction of sp³-hybridized carbons (Fsp3) is 0.120. The van der Waals surface area contributed by atoms with E-state index in [-0.39, 0.29) is 43.4 Å². The zero-order chi connectivity index (χ0) is 27.3. The van der Waals surface area contributed by atoms with Crippen molar-refractivity contribution < 1.29 is 34.1 Å². The maximum Gasteiger partial charge on any atom is 0.335 e. The van der Waals surface area contributed by atoms with Gasteiger partial charge in [-0.3, -0.25) is 14.5 Å². The molecule has 1 atom stereocenters. The monoisotopic (exact) mass is 590 g/mol. The van der Waals surface area contributed by atoms with Gasteiger partial charge in [0, 0.05) is 4.88 Å². The third kappa shape index (κ3) is 4.08. The van der Waals surface area contributed by atoms with Crippen molar-refractivity contribution in [1.29, 1.82) is 0 Å². The zero-order valence-corrected chi connectivity index (χ0v) is 22.7. The highest BCUT2D eigenvalue weighted by molar-refractivity contribution is 7.22. The Bertz CT molecular complexity index is 1660. The number of aromatic nitrogens is 1. The topological polar surface area (TPSA) is 126 Å². The number of Topliss-reactive ketones (excluding diaryl/α,β-unsaturated/α-hetero) is 1. The maximum absolute atomic E-state index is 13.4. The van der Waals surface area contributed by atoms with Crippen molar-refractivity contribution in [3.05, 3.63) is 73.4 Å². The summed E-state index contributed by atoms with van der Waals surface area (Å²) in [6.07, 6.45) is 0. The molecule has 0 aliphatic carbocycles. The predicted molar refractivity (Wildman–Crippen MR) is 145 cm³/mol. The number of thiophene rings is 1. The standard InChI is InChI=1S/C25H16Cl2N2O7S2/c1-35-21-11(9-12(26)22(36-2)17(21)27)19(30)16-18(14-4-3-7-37-14)29(23(32)20(16)31)25-28-13-6-5-10(24(33)34)8-15(13)38-25/h3-9,18,30H,1-2H3,(H,33,34)/b19-16+. The quantitative estimate of drug-likeness (QED) is 0.159. The fourth-order valence-corrected chi connectivity index (χ4v) is 6.73. The molecule has 0 radical (unpaired) electrons. The van der Waals surface area contributed by atoms with E-state index in [1.165, 1.54) is 54.7 Å². The molecule has 1 aliphatic heterocycles. The molecule has 2 aromatic heterocycles. The van der Waals surface area contributed by atoms with E-state index in [0.29, 0.717) is 15.1 Å². The minimum atomic E-state index is -1.10. The average Bonchev–Trinajstić information content (AvgIpc) is 3.61. The number of carboxylic acid groups (broad SMARTS) is 1. The lowest BCUT2D eigenvalue weighted by molar-refractivity contribution is -0.132. The molecule has 38 heavy (non-hydrogen) atoms. The molecular formula is C25H16Cl2N2O7S2. The summed E-state index contributed by atoms with van der Waals surface area (Å²) in [7, 11) is 2.69. The van der Waals surface area contributed by atoms with Crippen LogP contribution >= 0.6 is 45.9 Å². The molecule has 1 saturated heterocycles. The normalized spacial score (nSPS) is 16.8. The number of aromatic carboxylic acids is 1. The van der Waals surface area contributed by atoms with Crippen LogP contribution in [-0.4, -0.2) is 47.1 Å². The van der Waals surface area contributed by atoms with Gasteiger partial charge in [0.1, 0.15) is 16.8 Å². The molecule has 4 aromatic rings. The van der Waals surface area contributed by atoms with Crippen LogP contribution < -0.4 is 14.4 Å². The smallest absolute Gasteiger partial charge is 0.335 e. The number of benzene rings is 2. The Kier molecular flexibility index (Phi) is 6.78. The first-order chi connectivity index (χ1) is 18.2. The van der Waals surface area contributed by atoms with E-state index in [0.717, 1.165) is 11.3 Å². The van der Waals surface area contributed by atoms with Crippen LogP contribution in [0, 0.1) is 0 Å². The van der Waals surface area contributed by atoms with Crippen LogP contribution in [0.4, 0.5) is 5.13 Å². The minimum Gasteiger partial charge on any atom is -0.507 e. The van der Waals surface area contributed by atoms with E-state index in [4.69, 9.17) is 32.7 Å². The van der Waals surface area contributed by atoms with Gasteiger partial charge in [-0.1, -0.05) is 40.6 Å². The number of fused-ring (bicyclic) bond motifs is 1. The van der Waals surface area contributed by atoms with Crippen LogP contribution in [0.1, 0.15) is 26.8 Å². The van der Waals surface area contributed by atoms with E-state index in [2.05, 4.69) is 4.98 Å². The molecule has 194 valence electrons. The van der Waals surface area contributed by atoms with Gasteiger partial charge in [-0.25, -0.2) is 9.78 Å². The van der Waals surface area contributed by atoms with Crippen LogP contribution in [0.2, 0.25) is 10.0 Å². The number of ether oxygens (including phenoxy) is 2. The summed E-state index contributed by atoms with van der Waals surface area (Å²) in [5.74, 6) is -3.38. The first-order valence-corrected chi connectivity index (χ1v) is 13.2. The summed E-state index contributed by atoms with van der Waals surface area (Å²) in [5.41, 5.74) is 0.305. The van der Waals surface area contributed by atoms with E-state index in [9.17, 15) is 24.6 Å². The van der Waals surface area contributed by atoms with E-state index < -0.39 is 29.5 Å². The Labute approximate surface area is 233 Å². The minimum absolute atomic E-state index is 0.00161. The highest BCUT2D eigenvalue weighted by Crippen LogP contribution is 2.49. The zero-order valence-electron chi connectivity index (χ0n) is 19.5. The summed E-state index contributed by atoms with van der Waals surface area (Å²) in [5, 5.41) is 22.8. The Balaban J connectivity index is 1.73. The first-order valence-electron chi connectivity index (χ1n) is 10.8. The second-order valence-corrected chi connectivity index (χ2v) is 10.7. The number of hydrogen-bond donors (Lipinski definition) is 2. The van der Waals surface area contributed by atoms with Gasteiger partial charge < -0.3 is 19.7 Å². The lowest BCUT2D eigenvalue weighted by Crippen LogP contribution is -2.28. The second kappa shape index (κ2) is 9.91. The van der Waals surface area contributed by atoms with Crippen LogP contribution in [-0.2, 0) is 9.59 Å². The van der Waals surface area contributed by atoms with Gasteiger partial charge in [0.2, 0.25) is 0 Å². The van der Waals surface area contributed by atoms with Crippen LogP contribution in [0.5, 0.6) is 11.5 Å². The van der Waals surface area contributed by atoms with Gasteiger partial charge in [0.15, 0.2) is 16.6 Å². The Morgan fingerprint density at radius 2 is 1.82 bits per heavy atom. The predicted octanol–water partition coefficient (Wildman–Crippen LogP) is 6.01. The van der Waals surface area contributed by atoms with Gasteiger partial charge in [0.25, 0.3) is 5.78 Å². The van der Waals surface area contributed by atoms with Crippen molar-refractivity contribution in [1.82, 2.24) is 4.98 Å². The highest BCUT2D eigenvalue weighted by Gasteiger charge is 2.49. The first kappa shape index (κ1) is 26.0. The summed E-state index contributed by atoms with van der Waals surface area (Å²) in [4.78, 5) is 44.5. The van der Waals surface area contributed by atoms with Crippen molar-refractivity contribution in [2.75, 3.05) is 19.1 Å². The molecule has 5 rings (SSSR count). The molecule has 0 spiro atoms. The Hall–Kier alpha value is -3.64. The average molecular weight is 591 g/mol. The van der Waals surface area contributed by atoms with E-state index in [1.807, 2.05) is 0 Å². The molecule has 1 amide bonds. The lowest BCUT2D eigenvalue weighted by atomic mass is 9.99. The van der Waals surface area contributed by atoms with Crippen molar-refractivity contribution in [2.24, 2.45) is 0 Å². The number of thiazole rings is 1. The number of aliphatic hydroxyl groups is 1. The molecule has 2 aromatic carbocycles. The maximum atomic E-state index is 13.4. The van der Waals surface area contributed by atoms with E-state index in [1.54, 1.807) is 17.5 Å². The molecule has 1 fully saturated rings. The molecular weight excluding hydrogens is 575 g/mol. The van der Waals surface area contributed by atoms with Gasteiger partial charge >= 0.3 is 11.9 Å². The number of aliphatic hydroxyl groups excluding tert-OH is 1. The van der Waals surface area contributed by atoms with Crippen molar-refractivity contribution >= 4 is 84.6 Å². The molecule has 0 saturated carbocycles. The lowest BCUT2D eigenvalue weighted by Gasteiger charge is -2.22. The summed E-state index contributed by atoms with van der Waals surface area (Å²) < 4.78 is 11.1. The molecule has 9 nitrogen and oxygen atoms in total. The third-order valence-electron chi connectivity index (χ3n) is 5.88. The molecule has 1 unspecified atom stereocenters. The number of rotatable bonds is 6. The van der Waals surface area contributed by atoms with Crippen molar-refractivity contribution in [3.8, 4) is 11.5 Å². The van der Waals surface area contributed by atoms with Gasteiger partial charge in [-0.15, -0.1) is 11.3 Å². The SMILES string of the molecule is COc1c(Cl)cc(/C(O)=C2\C(=O)C(=O)N(c3nc4ccc(C(=O)O)cc4s3)C2c2cccs2)c(OC)c1Cl. The number of nitrogens with zero attached hydrogens (tertiary/aromatic N) is 2. The van der Waals surface area contributed by atoms with Crippen molar-refractivity contribution in [3.63, 3.8) is 0 Å². The van der Waals surface area contributed by atoms with E-state index >= 15 is 0 Å². The van der Waals surface area contributed by atoms with Gasteiger partial charge in [-0.2, -0.15) is 0 Å². The van der Waals surface area contributed by atoms with Crippen molar-refractivity contribution in [2.45, 2.75) is 6.04 Å². The highest BCUT2D eigenvalue weighted by atomic mass is 35.5. The van der Waals surface area contributed by atoms with Crippen LogP contribution in [0.25, 0.3) is 16.0 Å². The number of carbonyl (C=O) groups is 3. The number of carbonyl (C=O) groups excluding carboxylic acids is 2. The number of amides is 1. The Morgan fingerprint density at radius 3 is 2.45 bits per heavy atom. The number of anilines is 1. The molecule has 13 heteroatoms. The Morgan fingerprint density at radius 1 is 1.08 bits per heavy atom.